The van der Waals surface area contributed by atoms with Crippen LogP contribution in [-0.2, 0) is 5.41 Å². The molecular formula is C27H27N5O5. The van der Waals surface area contributed by atoms with E-state index < -0.39 is 6.09 Å². The normalized spacial score (nSPS) is 15.2. The number of carboxylic acid groups (broad SMARTS) is 1. The standard InChI is InChI=1S/C27H27N5O5/c1-17-30-25(31-37-17)24-28-14-23(15-29-24)36-22-10-6-19(7-11-22)27(2,3)18-4-8-21(9-5-18)35-16-20-12-13-32(20)26(33)34/h4-11,14-15,20H,12-13,16H2,1-3H3,(H,33,34). The zero-order chi connectivity index (χ0) is 26.0. The van der Waals surface area contributed by atoms with Crippen molar-refractivity contribution in [1.29, 1.82) is 0 Å². The third kappa shape index (κ3) is 5.23. The molecule has 190 valence electrons. The molecule has 1 amide bonds. The maximum absolute atomic E-state index is 11.1. The van der Waals surface area contributed by atoms with Crippen LogP contribution in [0.1, 0.15) is 37.3 Å². The van der Waals surface area contributed by atoms with Gasteiger partial charge in [0.25, 0.3) is 0 Å². The molecule has 3 heterocycles. The Labute approximate surface area is 213 Å². The number of aromatic nitrogens is 4. The zero-order valence-corrected chi connectivity index (χ0v) is 20.8. The molecule has 37 heavy (non-hydrogen) atoms. The minimum atomic E-state index is -0.893. The number of hydrogen-bond donors (Lipinski definition) is 1. The summed E-state index contributed by atoms with van der Waals surface area (Å²) in [6, 6.07) is 15.8. The fraction of sp³-hybridized carbons (Fsp3) is 0.296. The van der Waals surface area contributed by atoms with Crippen LogP contribution < -0.4 is 9.47 Å². The fourth-order valence-electron chi connectivity index (χ4n) is 4.14. The van der Waals surface area contributed by atoms with Crippen LogP contribution in [0.3, 0.4) is 0 Å². The third-order valence-electron chi connectivity index (χ3n) is 6.58. The first-order valence-electron chi connectivity index (χ1n) is 11.9. The number of aryl methyl sites for hydroxylation is 1. The number of nitrogens with zero attached hydrogens (tertiary/aromatic N) is 5. The fourth-order valence-corrected chi connectivity index (χ4v) is 4.14. The molecule has 5 rings (SSSR count). The van der Waals surface area contributed by atoms with Crippen molar-refractivity contribution in [2.45, 2.75) is 38.6 Å². The van der Waals surface area contributed by atoms with E-state index in [1.54, 1.807) is 19.3 Å². The van der Waals surface area contributed by atoms with Crippen molar-refractivity contribution in [3.8, 4) is 28.9 Å². The van der Waals surface area contributed by atoms with E-state index in [2.05, 4.69) is 34.0 Å². The summed E-state index contributed by atoms with van der Waals surface area (Å²) in [6.07, 6.45) is 3.07. The number of hydrogen-bond acceptors (Lipinski definition) is 8. The number of amides is 1. The van der Waals surface area contributed by atoms with Gasteiger partial charge in [0.2, 0.25) is 17.5 Å². The molecule has 10 heteroatoms. The lowest BCUT2D eigenvalue weighted by Gasteiger charge is -2.38. The Balaban J connectivity index is 1.20. The van der Waals surface area contributed by atoms with Crippen LogP contribution in [0.25, 0.3) is 11.6 Å². The number of rotatable bonds is 8. The van der Waals surface area contributed by atoms with Crippen LogP contribution in [0.15, 0.2) is 65.4 Å². The molecule has 0 radical (unpaired) electrons. The molecule has 2 aromatic heterocycles. The van der Waals surface area contributed by atoms with Gasteiger partial charge in [-0.3, -0.25) is 0 Å². The quantitative estimate of drug-likeness (QED) is 0.352. The molecule has 1 aliphatic rings. The highest BCUT2D eigenvalue weighted by atomic mass is 16.5. The van der Waals surface area contributed by atoms with Gasteiger partial charge in [0, 0.05) is 18.9 Å². The van der Waals surface area contributed by atoms with Crippen LogP contribution >= 0.6 is 0 Å². The summed E-state index contributed by atoms with van der Waals surface area (Å²) >= 11 is 0. The monoisotopic (exact) mass is 501 g/mol. The molecule has 4 aromatic rings. The molecule has 10 nitrogen and oxygen atoms in total. The lowest BCUT2D eigenvalue weighted by molar-refractivity contribution is 0.0499. The molecule has 1 unspecified atom stereocenters. The summed E-state index contributed by atoms with van der Waals surface area (Å²) in [5, 5.41) is 12.9. The lowest BCUT2D eigenvalue weighted by atomic mass is 9.78. The van der Waals surface area contributed by atoms with Crippen LogP contribution in [0, 0.1) is 6.92 Å². The summed E-state index contributed by atoms with van der Waals surface area (Å²) in [5.41, 5.74) is 2.00. The van der Waals surface area contributed by atoms with E-state index in [9.17, 15) is 4.79 Å². The summed E-state index contributed by atoms with van der Waals surface area (Å²) in [7, 11) is 0. The van der Waals surface area contributed by atoms with Gasteiger partial charge in [-0.2, -0.15) is 4.98 Å². The van der Waals surface area contributed by atoms with Crippen LogP contribution in [0.4, 0.5) is 4.79 Å². The van der Waals surface area contributed by atoms with Gasteiger partial charge < -0.3 is 24.0 Å². The van der Waals surface area contributed by atoms with E-state index >= 15 is 0 Å². The van der Waals surface area contributed by atoms with E-state index in [-0.39, 0.29) is 11.5 Å². The van der Waals surface area contributed by atoms with E-state index in [0.29, 0.717) is 42.2 Å². The van der Waals surface area contributed by atoms with Gasteiger partial charge in [-0.05, 0) is 41.8 Å². The predicted octanol–water partition coefficient (Wildman–Crippen LogP) is 5.08. The van der Waals surface area contributed by atoms with Gasteiger partial charge in [0.05, 0.1) is 18.4 Å². The van der Waals surface area contributed by atoms with Crippen LogP contribution in [0.2, 0.25) is 0 Å². The highest BCUT2D eigenvalue weighted by molar-refractivity contribution is 5.66. The second kappa shape index (κ2) is 9.88. The Kier molecular flexibility index (Phi) is 6.47. The Hall–Kier alpha value is -4.47. The molecule has 1 N–H and O–H groups in total. The SMILES string of the molecule is Cc1nc(-c2ncc(Oc3ccc(C(C)(C)c4ccc(OCC5CCN5C(=O)O)cc4)cc3)cn2)no1. The third-order valence-corrected chi connectivity index (χ3v) is 6.58. The molecule has 2 aromatic carbocycles. The van der Waals surface area contributed by atoms with Crippen molar-refractivity contribution in [2.75, 3.05) is 13.2 Å². The maximum atomic E-state index is 11.1. The van der Waals surface area contributed by atoms with E-state index in [1.807, 2.05) is 48.5 Å². The molecule has 0 saturated carbocycles. The number of ether oxygens (including phenoxy) is 2. The van der Waals surface area contributed by atoms with Crippen molar-refractivity contribution >= 4 is 6.09 Å². The van der Waals surface area contributed by atoms with Gasteiger partial charge in [0.15, 0.2) is 5.75 Å². The van der Waals surface area contributed by atoms with E-state index in [0.717, 1.165) is 23.3 Å². The second-order valence-electron chi connectivity index (χ2n) is 9.38. The summed E-state index contributed by atoms with van der Waals surface area (Å²) in [5.74, 6) is 3.04. The van der Waals surface area contributed by atoms with Crippen molar-refractivity contribution < 1.29 is 23.9 Å². The van der Waals surface area contributed by atoms with Crippen molar-refractivity contribution in [1.82, 2.24) is 25.0 Å². The van der Waals surface area contributed by atoms with Crippen molar-refractivity contribution in [2.24, 2.45) is 0 Å². The highest BCUT2D eigenvalue weighted by Gasteiger charge is 2.32. The largest absolute Gasteiger partial charge is 0.491 e. The Bertz CT molecular complexity index is 1370. The van der Waals surface area contributed by atoms with Gasteiger partial charge in [-0.1, -0.05) is 43.3 Å². The first-order valence-corrected chi connectivity index (χ1v) is 11.9. The average Bonchev–Trinajstić information content (AvgIpc) is 3.30. The molecule has 1 aliphatic heterocycles. The van der Waals surface area contributed by atoms with Crippen molar-refractivity contribution in [3.63, 3.8) is 0 Å². The Morgan fingerprint density at radius 1 is 1.00 bits per heavy atom. The van der Waals surface area contributed by atoms with Crippen LogP contribution in [-0.4, -0.2) is 55.4 Å². The summed E-state index contributed by atoms with van der Waals surface area (Å²) in [6.45, 7) is 6.95. The maximum Gasteiger partial charge on any atom is 0.407 e. The molecular weight excluding hydrogens is 474 g/mol. The molecule has 0 aliphatic carbocycles. The topological polar surface area (TPSA) is 124 Å². The minimum Gasteiger partial charge on any atom is -0.491 e. The first-order chi connectivity index (χ1) is 17.8. The zero-order valence-electron chi connectivity index (χ0n) is 20.8. The molecule has 1 fully saturated rings. The Morgan fingerprint density at radius 3 is 2.14 bits per heavy atom. The van der Waals surface area contributed by atoms with Gasteiger partial charge in [0.1, 0.15) is 18.1 Å². The lowest BCUT2D eigenvalue weighted by Crippen LogP contribution is -2.53. The predicted molar refractivity (Wildman–Crippen MR) is 134 cm³/mol. The molecule has 0 spiro atoms. The van der Waals surface area contributed by atoms with Crippen molar-refractivity contribution in [3.05, 3.63) is 77.9 Å². The first kappa shape index (κ1) is 24.2. The minimum absolute atomic E-state index is 0.0754. The van der Waals surface area contributed by atoms with Gasteiger partial charge in [-0.25, -0.2) is 14.8 Å². The van der Waals surface area contributed by atoms with Crippen LogP contribution in [0.5, 0.6) is 17.2 Å². The van der Waals surface area contributed by atoms with Gasteiger partial charge >= 0.3 is 6.09 Å². The Morgan fingerprint density at radius 2 is 1.62 bits per heavy atom. The molecule has 1 atom stereocenters. The van der Waals surface area contributed by atoms with E-state index in [4.69, 9.17) is 19.1 Å². The second-order valence-corrected chi connectivity index (χ2v) is 9.38. The van der Waals surface area contributed by atoms with E-state index in [1.165, 1.54) is 4.90 Å². The number of carbonyl (C=O) groups is 1. The number of likely N-dealkylation sites (tertiary alicyclic amines) is 1. The molecule has 1 saturated heterocycles. The smallest absolute Gasteiger partial charge is 0.407 e. The highest BCUT2D eigenvalue weighted by Crippen LogP contribution is 2.34. The van der Waals surface area contributed by atoms with Gasteiger partial charge in [-0.15, -0.1) is 0 Å². The average molecular weight is 502 g/mol. The molecule has 0 bridgehead atoms. The summed E-state index contributed by atoms with van der Waals surface area (Å²) in [4.78, 5) is 25.1. The summed E-state index contributed by atoms with van der Waals surface area (Å²) < 4.78 is 16.7. The number of benzene rings is 2.